The third kappa shape index (κ3) is 2.33. The van der Waals surface area contributed by atoms with Gasteiger partial charge in [-0.15, -0.1) is 0 Å². The maximum atomic E-state index is 12.2. The molecule has 0 spiro atoms. The summed E-state index contributed by atoms with van der Waals surface area (Å²) in [6.45, 7) is -0.303. The van der Waals surface area contributed by atoms with Crippen LogP contribution in [0.4, 0.5) is 31.1 Å². The maximum absolute atomic E-state index is 12.2. The monoisotopic (exact) mass is 251 g/mol. The van der Waals surface area contributed by atoms with Crippen molar-refractivity contribution in [3.63, 3.8) is 0 Å². The third-order valence-electron chi connectivity index (χ3n) is 2.40. The van der Waals surface area contributed by atoms with Crippen molar-refractivity contribution in [2.24, 2.45) is 5.92 Å². The van der Waals surface area contributed by atoms with E-state index in [2.05, 4.69) is 0 Å². The van der Waals surface area contributed by atoms with Gasteiger partial charge >= 0.3 is 18.4 Å². The molecule has 1 aliphatic heterocycles. The van der Waals surface area contributed by atoms with E-state index in [9.17, 15) is 31.1 Å². The summed E-state index contributed by atoms with van der Waals surface area (Å²) in [5.41, 5.74) is 0. The zero-order chi connectivity index (χ0) is 12.7. The summed E-state index contributed by atoms with van der Waals surface area (Å²) in [5.74, 6) is -3.61. The fourth-order valence-corrected chi connectivity index (χ4v) is 1.61. The van der Waals surface area contributed by atoms with Gasteiger partial charge in [0.25, 0.3) is 0 Å². The molecular formula is C7H7F6NO2. The summed E-state index contributed by atoms with van der Waals surface area (Å²) in [6.07, 6.45) is -13.2. The fourth-order valence-electron chi connectivity index (χ4n) is 1.61. The number of carboxylic acid groups (broad SMARTS) is 1. The highest BCUT2D eigenvalue weighted by molar-refractivity contribution is 5.66. The van der Waals surface area contributed by atoms with E-state index >= 15 is 0 Å². The summed E-state index contributed by atoms with van der Waals surface area (Å²) in [6, 6.07) is -2.06. The van der Waals surface area contributed by atoms with Gasteiger partial charge in [-0.2, -0.15) is 26.3 Å². The molecule has 1 aliphatic rings. The molecule has 1 saturated heterocycles. The van der Waals surface area contributed by atoms with Crippen LogP contribution in [0.25, 0.3) is 0 Å². The lowest BCUT2D eigenvalue weighted by molar-refractivity contribution is -0.304. The van der Waals surface area contributed by atoms with Gasteiger partial charge < -0.3 is 10.0 Å². The maximum Gasteiger partial charge on any atom is 0.407 e. The van der Waals surface area contributed by atoms with Crippen molar-refractivity contribution in [2.75, 3.05) is 6.54 Å². The van der Waals surface area contributed by atoms with Gasteiger partial charge in [0.15, 0.2) is 5.92 Å². The average Bonchev–Trinajstić information content (AvgIpc) is 1.90. The first-order chi connectivity index (χ1) is 7.05. The molecule has 1 fully saturated rings. The van der Waals surface area contributed by atoms with Crippen LogP contribution >= 0.6 is 0 Å². The lowest BCUT2D eigenvalue weighted by Gasteiger charge is -2.44. The highest BCUT2D eigenvalue weighted by Gasteiger charge is 2.63. The van der Waals surface area contributed by atoms with Crippen LogP contribution in [0.1, 0.15) is 6.42 Å². The zero-order valence-corrected chi connectivity index (χ0v) is 7.64. The Morgan fingerprint density at radius 2 is 1.62 bits per heavy atom. The number of nitrogens with zero attached hydrogens (tertiary/aromatic N) is 1. The summed E-state index contributed by atoms with van der Waals surface area (Å²) in [4.78, 5) is 10.5. The number of amides is 1. The topological polar surface area (TPSA) is 40.5 Å². The standard InChI is InChI=1S/C7H7F6NO2/c8-6(9,10)4(7(11,12)13)3-1-2-14(3)5(15)16/h3-4H,1-2H2,(H,15,16). The number of hydrogen-bond acceptors (Lipinski definition) is 1. The number of likely N-dealkylation sites (tertiary alicyclic amines) is 1. The molecule has 3 nitrogen and oxygen atoms in total. The molecule has 0 bridgehead atoms. The minimum Gasteiger partial charge on any atom is -0.465 e. The summed E-state index contributed by atoms with van der Waals surface area (Å²) >= 11 is 0. The van der Waals surface area contributed by atoms with Crippen LogP contribution in [0, 0.1) is 5.92 Å². The number of halogens is 6. The van der Waals surface area contributed by atoms with Crippen molar-refractivity contribution < 1.29 is 36.2 Å². The van der Waals surface area contributed by atoms with Crippen molar-refractivity contribution >= 4 is 6.09 Å². The van der Waals surface area contributed by atoms with Crippen LogP contribution in [0.3, 0.4) is 0 Å². The summed E-state index contributed by atoms with van der Waals surface area (Å²) in [7, 11) is 0. The number of carbonyl (C=O) groups is 1. The Hall–Kier alpha value is -1.15. The van der Waals surface area contributed by atoms with Crippen LogP contribution in [0.5, 0.6) is 0 Å². The minimum atomic E-state index is -5.49. The third-order valence-corrected chi connectivity index (χ3v) is 2.40. The molecule has 0 aromatic rings. The molecule has 1 atom stereocenters. The molecule has 0 aromatic heterocycles. The first-order valence-electron chi connectivity index (χ1n) is 4.18. The van der Waals surface area contributed by atoms with Crippen molar-refractivity contribution in [3.8, 4) is 0 Å². The van der Waals surface area contributed by atoms with E-state index in [0.717, 1.165) is 0 Å². The Morgan fingerprint density at radius 3 is 1.81 bits per heavy atom. The van der Waals surface area contributed by atoms with Gasteiger partial charge in [0.1, 0.15) is 0 Å². The van der Waals surface area contributed by atoms with Gasteiger partial charge in [0, 0.05) is 6.54 Å². The van der Waals surface area contributed by atoms with Crippen molar-refractivity contribution in [1.82, 2.24) is 4.90 Å². The van der Waals surface area contributed by atoms with Crippen LogP contribution < -0.4 is 0 Å². The van der Waals surface area contributed by atoms with E-state index < -0.39 is 36.8 Å². The van der Waals surface area contributed by atoms with Crippen LogP contribution in [-0.2, 0) is 0 Å². The van der Waals surface area contributed by atoms with Crippen molar-refractivity contribution in [3.05, 3.63) is 0 Å². The van der Waals surface area contributed by atoms with Crippen molar-refractivity contribution in [2.45, 2.75) is 24.8 Å². The second-order valence-electron chi connectivity index (χ2n) is 3.39. The van der Waals surface area contributed by atoms with Crippen molar-refractivity contribution in [1.29, 1.82) is 0 Å². The molecular weight excluding hydrogens is 244 g/mol. The molecule has 1 amide bonds. The molecule has 1 heterocycles. The molecule has 0 aromatic carbocycles. The molecule has 1 unspecified atom stereocenters. The summed E-state index contributed by atoms with van der Waals surface area (Å²) in [5, 5.41) is 8.38. The lowest BCUT2D eigenvalue weighted by Crippen LogP contribution is -2.61. The smallest absolute Gasteiger partial charge is 0.407 e. The predicted octanol–water partition coefficient (Wildman–Crippen LogP) is 2.48. The first-order valence-corrected chi connectivity index (χ1v) is 4.18. The summed E-state index contributed by atoms with van der Waals surface area (Å²) < 4.78 is 73.1. The second-order valence-corrected chi connectivity index (χ2v) is 3.39. The van der Waals surface area contributed by atoms with Crippen LogP contribution in [0.15, 0.2) is 0 Å². The molecule has 0 saturated carbocycles. The average molecular weight is 251 g/mol. The quantitative estimate of drug-likeness (QED) is 0.727. The van der Waals surface area contributed by atoms with Gasteiger partial charge in [0.05, 0.1) is 6.04 Å². The number of rotatable bonds is 1. The fraction of sp³-hybridized carbons (Fsp3) is 0.857. The minimum absolute atomic E-state index is 0.158. The molecule has 16 heavy (non-hydrogen) atoms. The number of alkyl halides is 6. The molecule has 0 radical (unpaired) electrons. The van der Waals surface area contributed by atoms with E-state index in [0.29, 0.717) is 0 Å². The van der Waals surface area contributed by atoms with Gasteiger partial charge in [-0.3, -0.25) is 0 Å². The molecule has 1 N–H and O–H groups in total. The highest BCUT2D eigenvalue weighted by Crippen LogP contribution is 2.46. The Kier molecular flexibility index (Phi) is 2.99. The Bertz CT molecular complexity index is 272. The molecule has 1 rings (SSSR count). The van der Waals surface area contributed by atoms with E-state index in [4.69, 9.17) is 5.11 Å². The van der Waals surface area contributed by atoms with E-state index in [1.54, 1.807) is 0 Å². The Labute approximate surface area is 85.6 Å². The lowest BCUT2D eigenvalue weighted by atomic mass is 9.88. The Morgan fingerprint density at radius 1 is 1.19 bits per heavy atom. The van der Waals surface area contributed by atoms with Gasteiger partial charge in [-0.05, 0) is 6.42 Å². The molecule has 94 valence electrons. The number of hydrogen-bond donors (Lipinski definition) is 1. The van der Waals surface area contributed by atoms with E-state index in [1.807, 2.05) is 0 Å². The predicted molar refractivity (Wildman–Crippen MR) is 38.7 cm³/mol. The van der Waals surface area contributed by atoms with Crippen LogP contribution in [0.2, 0.25) is 0 Å². The largest absolute Gasteiger partial charge is 0.465 e. The normalized spacial score (nSPS) is 22.2. The van der Waals surface area contributed by atoms with Gasteiger partial charge in [-0.1, -0.05) is 0 Å². The SMILES string of the molecule is O=C(O)N1CCC1C(C(F)(F)F)C(F)(F)F. The second kappa shape index (κ2) is 3.70. The van der Waals surface area contributed by atoms with Gasteiger partial charge in [0.2, 0.25) is 0 Å². The van der Waals surface area contributed by atoms with Gasteiger partial charge in [-0.25, -0.2) is 4.79 Å². The highest BCUT2D eigenvalue weighted by atomic mass is 19.4. The van der Waals surface area contributed by atoms with Crippen LogP contribution in [-0.4, -0.2) is 41.0 Å². The van der Waals surface area contributed by atoms with E-state index in [-0.39, 0.29) is 11.4 Å². The zero-order valence-electron chi connectivity index (χ0n) is 7.64. The van der Waals surface area contributed by atoms with E-state index in [1.165, 1.54) is 0 Å². The molecule has 0 aliphatic carbocycles. The first kappa shape index (κ1) is 12.9. The molecule has 9 heteroatoms. The Balaban J connectivity index is 2.92.